The molecule has 1 fully saturated rings. The van der Waals surface area contributed by atoms with E-state index in [1.807, 2.05) is 30.0 Å². The topological polar surface area (TPSA) is 75.7 Å². The molecule has 0 saturated carbocycles. The second-order valence-electron chi connectivity index (χ2n) is 6.86. The van der Waals surface area contributed by atoms with Crippen molar-refractivity contribution in [3.63, 3.8) is 0 Å². The largest absolute Gasteiger partial charge is 0.465 e. The maximum absolute atomic E-state index is 12.4. The van der Waals surface area contributed by atoms with Gasteiger partial charge in [-0.05, 0) is 42.3 Å². The van der Waals surface area contributed by atoms with E-state index in [0.29, 0.717) is 37.2 Å². The SMILES string of the molecule is CCN1C[C@H](CNC(=O)c2ccc(-c3cccc(C(=O)OC)c3)cc2)CC1=O. The van der Waals surface area contributed by atoms with Gasteiger partial charge in [-0.25, -0.2) is 4.79 Å². The molecular formula is C22H24N2O4. The summed E-state index contributed by atoms with van der Waals surface area (Å²) >= 11 is 0. The number of rotatable bonds is 6. The zero-order valence-corrected chi connectivity index (χ0v) is 16.1. The van der Waals surface area contributed by atoms with Crippen LogP contribution >= 0.6 is 0 Å². The van der Waals surface area contributed by atoms with Crippen molar-refractivity contribution in [1.82, 2.24) is 10.2 Å². The third-order valence-electron chi connectivity index (χ3n) is 4.99. The Morgan fingerprint density at radius 3 is 2.50 bits per heavy atom. The average molecular weight is 380 g/mol. The van der Waals surface area contributed by atoms with Crippen LogP contribution in [0.4, 0.5) is 0 Å². The van der Waals surface area contributed by atoms with Crippen LogP contribution in [0.3, 0.4) is 0 Å². The molecule has 0 unspecified atom stereocenters. The number of amides is 2. The molecule has 0 aliphatic carbocycles. The third kappa shape index (κ3) is 4.39. The normalized spacial score (nSPS) is 16.1. The Morgan fingerprint density at radius 2 is 1.86 bits per heavy atom. The molecule has 2 aromatic carbocycles. The molecule has 1 heterocycles. The van der Waals surface area contributed by atoms with Crippen molar-refractivity contribution in [3.8, 4) is 11.1 Å². The molecule has 2 aromatic rings. The minimum Gasteiger partial charge on any atom is -0.465 e. The van der Waals surface area contributed by atoms with Crippen LogP contribution in [0.15, 0.2) is 48.5 Å². The Kier molecular flexibility index (Phi) is 6.09. The molecule has 0 bridgehead atoms. The number of likely N-dealkylation sites (tertiary alicyclic amines) is 1. The number of nitrogens with one attached hydrogen (secondary N) is 1. The van der Waals surface area contributed by atoms with E-state index in [2.05, 4.69) is 5.32 Å². The number of carbonyl (C=O) groups is 3. The summed E-state index contributed by atoms with van der Waals surface area (Å²) in [6.07, 6.45) is 0.490. The first-order chi connectivity index (χ1) is 13.5. The fourth-order valence-electron chi connectivity index (χ4n) is 3.39. The van der Waals surface area contributed by atoms with Crippen molar-refractivity contribution in [2.24, 2.45) is 5.92 Å². The highest BCUT2D eigenvalue weighted by molar-refractivity contribution is 5.95. The van der Waals surface area contributed by atoms with Crippen LogP contribution in [-0.4, -0.2) is 49.4 Å². The fraction of sp³-hybridized carbons (Fsp3) is 0.318. The summed E-state index contributed by atoms with van der Waals surface area (Å²) in [4.78, 5) is 37.7. The van der Waals surface area contributed by atoms with E-state index in [0.717, 1.165) is 11.1 Å². The lowest BCUT2D eigenvalue weighted by Crippen LogP contribution is -2.31. The first-order valence-electron chi connectivity index (χ1n) is 9.36. The molecule has 6 nitrogen and oxygen atoms in total. The molecule has 2 amide bonds. The van der Waals surface area contributed by atoms with Crippen molar-refractivity contribution in [2.75, 3.05) is 26.7 Å². The van der Waals surface area contributed by atoms with Gasteiger partial charge in [-0.2, -0.15) is 0 Å². The number of hydrogen-bond donors (Lipinski definition) is 1. The highest BCUT2D eigenvalue weighted by atomic mass is 16.5. The molecule has 0 spiro atoms. The quantitative estimate of drug-likeness (QED) is 0.782. The van der Waals surface area contributed by atoms with Gasteiger partial charge in [0, 0.05) is 37.5 Å². The molecule has 0 aromatic heterocycles. The number of carbonyl (C=O) groups excluding carboxylic acids is 3. The first kappa shape index (κ1) is 19.6. The number of benzene rings is 2. The summed E-state index contributed by atoms with van der Waals surface area (Å²) < 4.78 is 4.75. The summed E-state index contributed by atoms with van der Waals surface area (Å²) in [6, 6.07) is 14.4. The molecule has 0 radical (unpaired) electrons. The number of hydrogen-bond acceptors (Lipinski definition) is 4. The van der Waals surface area contributed by atoms with Crippen molar-refractivity contribution in [1.29, 1.82) is 0 Å². The van der Waals surface area contributed by atoms with E-state index in [9.17, 15) is 14.4 Å². The van der Waals surface area contributed by atoms with E-state index < -0.39 is 0 Å². The van der Waals surface area contributed by atoms with E-state index in [1.165, 1.54) is 7.11 Å². The van der Waals surface area contributed by atoms with Gasteiger partial charge >= 0.3 is 5.97 Å². The highest BCUT2D eigenvalue weighted by Gasteiger charge is 2.28. The first-order valence-corrected chi connectivity index (χ1v) is 9.36. The van der Waals surface area contributed by atoms with E-state index >= 15 is 0 Å². The number of ether oxygens (including phenoxy) is 1. The maximum atomic E-state index is 12.4. The Hall–Kier alpha value is -3.15. The van der Waals surface area contributed by atoms with Crippen molar-refractivity contribution < 1.29 is 19.1 Å². The minimum absolute atomic E-state index is 0.153. The van der Waals surface area contributed by atoms with Gasteiger partial charge in [-0.1, -0.05) is 24.3 Å². The standard InChI is InChI=1S/C22H24N2O4/c1-3-24-14-15(11-20(24)25)13-23-21(26)17-9-7-16(8-10-17)18-5-4-6-19(12-18)22(27)28-2/h4-10,12,15H,3,11,13-14H2,1-2H3,(H,23,26)/t15-/m0/s1. The van der Waals surface area contributed by atoms with Gasteiger partial charge in [-0.3, -0.25) is 9.59 Å². The Bertz CT molecular complexity index is 876. The van der Waals surface area contributed by atoms with Crippen LogP contribution in [0, 0.1) is 5.92 Å². The highest BCUT2D eigenvalue weighted by Crippen LogP contribution is 2.22. The van der Waals surface area contributed by atoms with Gasteiger partial charge in [-0.15, -0.1) is 0 Å². The van der Waals surface area contributed by atoms with Gasteiger partial charge in [0.15, 0.2) is 0 Å². The number of nitrogens with zero attached hydrogens (tertiary/aromatic N) is 1. The molecular weight excluding hydrogens is 356 g/mol. The van der Waals surface area contributed by atoms with Gasteiger partial charge in [0.1, 0.15) is 0 Å². The van der Waals surface area contributed by atoms with Crippen molar-refractivity contribution >= 4 is 17.8 Å². The van der Waals surface area contributed by atoms with Crippen LogP contribution in [0.2, 0.25) is 0 Å². The molecule has 1 aliphatic rings. The lowest BCUT2D eigenvalue weighted by atomic mass is 10.0. The van der Waals surface area contributed by atoms with Crippen molar-refractivity contribution in [3.05, 3.63) is 59.7 Å². The van der Waals surface area contributed by atoms with Gasteiger partial charge in [0.05, 0.1) is 12.7 Å². The second kappa shape index (κ2) is 8.69. The van der Waals surface area contributed by atoms with E-state index in [4.69, 9.17) is 4.74 Å². The average Bonchev–Trinajstić information content (AvgIpc) is 3.11. The molecule has 1 atom stereocenters. The molecule has 3 rings (SSSR count). The number of esters is 1. The summed E-state index contributed by atoms with van der Waals surface area (Å²) in [5.74, 6) is -0.223. The second-order valence-corrected chi connectivity index (χ2v) is 6.86. The summed E-state index contributed by atoms with van der Waals surface area (Å²) in [7, 11) is 1.35. The summed E-state index contributed by atoms with van der Waals surface area (Å²) in [6.45, 7) is 3.86. The fourth-order valence-corrected chi connectivity index (χ4v) is 3.39. The predicted octanol–water partition coefficient (Wildman–Crippen LogP) is 2.74. The minimum atomic E-state index is -0.384. The third-order valence-corrected chi connectivity index (χ3v) is 4.99. The van der Waals surface area contributed by atoms with Crippen LogP contribution in [0.25, 0.3) is 11.1 Å². The molecule has 28 heavy (non-hydrogen) atoms. The van der Waals surface area contributed by atoms with Crippen LogP contribution in [0.1, 0.15) is 34.1 Å². The number of methoxy groups -OCH3 is 1. The van der Waals surface area contributed by atoms with E-state index in [-0.39, 0.29) is 23.7 Å². The van der Waals surface area contributed by atoms with Gasteiger partial charge in [0.2, 0.25) is 5.91 Å². The smallest absolute Gasteiger partial charge is 0.337 e. The van der Waals surface area contributed by atoms with Gasteiger partial charge < -0.3 is 15.0 Å². The lowest BCUT2D eigenvalue weighted by Gasteiger charge is -2.14. The molecule has 1 saturated heterocycles. The molecule has 1 N–H and O–H groups in total. The zero-order valence-electron chi connectivity index (χ0n) is 16.1. The zero-order chi connectivity index (χ0) is 20.1. The Morgan fingerprint density at radius 1 is 1.11 bits per heavy atom. The van der Waals surface area contributed by atoms with Crippen LogP contribution in [0.5, 0.6) is 0 Å². The molecule has 146 valence electrons. The maximum Gasteiger partial charge on any atom is 0.337 e. The Labute approximate surface area is 164 Å². The molecule has 6 heteroatoms. The van der Waals surface area contributed by atoms with Crippen LogP contribution < -0.4 is 5.32 Å². The van der Waals surface area contributed by atoms with Crippen molar-refractivity contribution in [2.45, 2.75) is 13.3 Å². The van der Waals surface area contributed by atoms with Crippen LogP contribution in [-0.2, 0) is 9.53 Å². The summed E-state index contributed by atoms with van der Waals surface area (Å²) in [5.41, 5.74) is 2.82. The molecule has 1 aliphatic heterocycles. The lowest BCUT2D eigenvalue weighted by molar-refractivity contribution is -0.127. The van der Waals surface area contributed by atoms with Gasteiger partial charge in [0.25, 0.3) is 5.91 Å². The summed E-state index contributed by atoms with van der Waals surface area (Å²) in [5, 5.41) is 2.92. The Balaban J connectivity index is 1.62. The predicted molar refractivity (Wildman–Crippen MR) is 106 cm³/mol. The monoisotopic (exact) mass is 380 g/mol. The van der Waals surface area contributed by atoms with E-state index in [1.54, 1.807) is 30.3 Å².